The zero-order valence-corrected chi connectivity index (χ0v) is 8.90. The van der Waals surface area contributed by atoms with Crippen molar-refractivity contribution in [2.45, 2.75) is 0 Å². The van der Waals surface area contributed by atoms with Crippen molar-refractivity contribution in [3.8, 4) is 0 Å². The first-order valence-corrected chi connectivity index (χ1v) is 5.21. The van der Waals surface area contributed by atoms with Gasteiger partial charge in [0, 0.05) is 17.6 Å². The molecule has 0 bridgehead atoms. The van der Waals surface area contributed by atoms with Gasteiger partial charge in [-0.25, -0.2) is 0 Å². The van der Waals surface area contributed by atoms with Crippen molar-refractivity contribution < 1.29 is 4.79 Å². The van der Waals surface area contributed by atoms with Crippen molar-refractivity contribution in [3.05, 3.63) is 48.3 Å². The standard InChI is InChI=1S/C12H10N4O/c17-12(15-10-5-7-14-16-10)9-3-1-2-8-4-6-13-11(8)9/h1-7,13H,(H2,14,15,16,17). The fourth-order valence-electron chi connectivity index (χ4n) is 1.79. The molecule has 0 radical (unpaired) electrons. The number of hydrogen-bond donors (Lipinski definition) is 3. The Morgan fingerprint density at radius 2 is 2.18 bits per heavy atom. The van der Waals surface area contributed by atoms with E-state index in [0.717, 1.165) is 10.9 Å². The monoisotopic (exact) mass is 226 g/mol. The van der Waals surface area contributed by atoms with Crippen LogP contribution in [-0.4, -0.2) is 21.1 Å². The molecule has 0 aliphatic carbocycles. The van der Waals surface area contributed by atoms with Crippen molar-refractivity contribution >= 4 is 22.6 Å². The summed E-state index contributed by atoms with van der Waals surface area (Å²) in [6, 6.07) is 9.23. The molecule has 1 aromatic carbocycles. The lowest BCUT2D eigenvalue weighted by Gasteiger charge is -2.03. The normalized spacial score (nSPS) is 10.6. The van der Waals surface area contributed by atoms with Crippen LogP contribution in [0.4, 0.5) is 5.82 Å². The van der Waals surface area contributed by atoms with Gasteiger partial charge in [-0.3, -0.25) is 9.89 Å². The van der Waals surface area contributed by atoms with Crippen molar-refractivity contribution in [2.24, 2.45) is 0 Å². The number of para-hydroxylation sites is 1. The predicted molar refractivity (Wildman–Crippen MR) is 64.8 cm³/mol. The van der Waals surface area contributed by atoms with Crippen LogP contribution in [0.1, 0.15) is 10.4 Å². The van der Waals surface area contributed by atoms with E-state index in [1.807, 2.05) is 24.4 Å². The lowest BCUT2D eigenvalue weighted by molar-refractivity contribution is 0.102. The molecule has 0 aliphatic rings. The second kappa shape index (κ2) is 3.79. The highest BCUT2D eigenvalue weighted by molar-refractivity contribution is 6.11. The largest absolute Gasteiger partial charge is 0.361 e. The fourth-order valence-corrected chi connectivity index (χ4v) is 1.79. The molecule has 5 nitrogen and oxygen atoms in total. The second-order valence-electron chi connectivity index (χ2n) is 3.67. The molecule has 17 heavy (non-hydrogen) atoms. The number of benzene rings is 1. The molecule has 3 aromatic rings. The molecule has 3 rings (SSSR count). The molecule has 3 N–H and O–H groups in total. The van der Waals surface area contributed by atoms with Gasteiger partial charge in [0.2, 0.25) is 0 Å². The first kappa shape index (κ1) is 9.65. The smallest absolute Gasteiger partial charge is 0.258 e. The number of anilines is 1. The molecule has 0 saturated carbocycles. The Labute approximate surface area is 96.9 Å². The molecular formula is C12H10N4O. The van der Waals surface area contributed by atoms with Gasteiger partial charge in [0.1, 0.15) is 5.82 Å². The molecule has 1 amide bonds. The average Bonchev–Trinajstić information content (AvgIpc) is 2.97. The maximum absolute atomic E-state index is 12.0. The molecule has 0 saturated heterocycles. The van der Waals surface area contributed by atoms with Crippen molar-refractivity contribution in [2.75, 3.05) is 5.32 Å². The predicted octanol–water partition coefficient (Wildman–Crippen LogP) is 2.14. The van der Waals surface area contributed by atoms with Crippen molar-refractivity contribution in [1.82, 2.24) is 15.2 Å². The molecule has 84 valence electrons. The summed E-state index contributed by atoms with van der Waals surface area (Å²) in [5.74, 6) is 0.417. The van der Waals surface area contributed by atoms with Gasteiger partial charge in [0.05, 0.1) is 17.3 Å². The second-order valence-corrected chi connectivity index (χ2v) is 3.67. The minimum Gasteiger partial charge on any atom is -0.361 e. The number of carbonyl (C=O) groups excluding carboxylic acids is 1. The van der Waals surface area contributed by atoms with Gasteiger partial charge in [-0.2, -0.15) is 5.10 Å². The third-order valence-electron chi connectivity index (χ3n) is 2.58. The third kappa shape index (κ3) is 1.67. The van der Waals surface area contributed by atoms with Crippen LogP contribution in [0.25, 0.3) is 10.9 Å². The molecule has 5 heteroatoms. The summed E-state index contributed by atoms with van der Waals surface area (Å²) in [5, 5.41) is 10.2. The van der Waals surface area contributed by atoms with Gasteiger partial charge in [0.15, 0.2) is 0 Å². The number of aromatic nitrogens is 3. The van der Waals surface area contributed by atoms with E-state index in [4.69, 9.17) is 0 Å². The summed E-state index contributed by atoms with van der Waals surface area (Å²) >= 11 is 0. The van der Waals surface area contributed by atoms with Gasteiger partial charge < -0.3 is 10.3 Å². The molecule has 0 fully saturated rings. The zero-order chi connectivity index (χ0) is 11.7. The summed E-state index contributed by atoms with van der Waals surface area (Å²) in [6.07, 6.45) is 3.41. The molecule has 0 atom stereocenters. The number of aromatic amines is 2. The molecule has 0 unspecified atom stereocenters. The van der Waals surface area contributed by atoms with E-state index in [1.165, 1.54) is 0 Å². The molecular weight excluding hydrogens is 216 g/mol. The Kier molecular flexibility index (Phi) is 2.15. The maximum atomic E-state index is 12.0. The van der Waals surface area contributed by atoms with E-state index in [1.54, 1.807) is 18.3 Å². The van der Waals surface area contributed by atoms with Crippen LogP contribution < -0.4 is 5.32 Å². The van der Waals surface area contributed by atoms with E-state index in [9.17, 15) is 4.79 Å². The maximum Gasteiger partial charge on any atom is 0.258 e. The van der Waals surface area contributed by atoms with Crippen LogP contribution >= 0.6 is 0 Å². The summed E-state index contributed by atoms with van der Waals surface area (Å²) in [6.45, 7) is 0. The van der Waals surface area contributed by atoms with Crippen LogP contribution in [0.5, 0.6) is 0 Å². The quantitative estimate of drug-likeness (QED) is 0.626. The Balaban J connectivity index is 1.98. The molecule has 0 aliphatic heterocycles. The van der Waals surface area contributed by atoms with Gasteiger partial charge in [-0.05, 0) is 12.1 Å². The number of fused-ring (bicyclic) bond motifs is 1. The highest BCUT2D eigenvalue weighted by Crippen LogP contribution is 2.17. The SMILES string of the molecule is O=C(Nc1ccn[nH]1)c1cccc2cc[nH]c12. The number of rotatable bonds is 2. The number of nitrogens with one attached hydrogen (secondary N) is 3. The van der Waals surface area contributed by atoms with E-state index in [0.29, 0.717) is 11.4 Å². The number of carbonyl (C=O) groups is 1. The van der Waals surface area contributed by atoms with Gasteiger partial charge >= 0.3 is 0 Å². The van der Waals surface area contributed by atoms with Gasteiger partial charge in [-0.15, -0.1) is 0 Å². The molecule has 0 spiro atoms. The van der Waals surface area contributed by atoms with E-state index in [2.05, 4.69) is 20.5 Å². The van der Waals surface area contributed by atoms with Gasteiger partial charge in [0.25, 0.3) is 5.91 Å². The first-order chi connectivity index (χ1) is 8.34. The molecule has 2 heterocycles. The van der Waals surface area contributed by atoms with E-state index in [-0.39, 0.29) is 5.91 Å². The number of amides is 1. The van der Waals surface area contributed by atoms with Crippen molar-refractivity contribution in [1.29, 1.82) is 0 Å². The number of H-pyrrole nitrogens is 2. The highest BCUT2D eigenvalue weighted by Gasteiger charge is 2.10. The molecule has 2 aromatic heterocycles. The lowest BCUT2D eigenvalue weighted by Crippen LogP contribution is -2.12. The van der Waals surface area contributed by atoms with Crippen LogP contribution in [0.3, 0.4) is 0 Å². The summed E-state index contributed by atoms with van der Waals surface area (Å²) in [4.78, 5) is 15.1. The summed E-state index contributed by atoms with van der Waals surface area (Å²) in [7, 11) is 0. The Morgan fingerprint density at radius 3 is 3.00 bits per heavy atom. The van der Waals surface area contributed by atoms with E-state index >= 15 is 0 Å². The number of hydrogen-bond acceptors (Lipinski definition) is 2. The topological polar surface area (TPSA) is 73.6 Å². The zero-order valence-electron chi connectivity index (χ0n) is 8.90. The minimum atomic E-state index is -0.165. The summed E-state index contributed by atoms with van der Waals surface area (Å²) in [5.41, 5.74) is 1.45. The average molecular weight is 226 g/mol. The van der Waals surface area contributed by atoms with Crippen LogP contribution in [-0.2, 0) is 0 Å². The fraction of sp³-hybridized carbons (Fsp3) is 0. The van der Waals surface area contributed by atoms with Crippen LogP contribution in [0, 0.1) is 0 Å². The van der Waals surface area contributed by atoms with Gasteiger partial charge in [-0.1, -0.05) is 12.1 Å². The Morgan fingerprint density at radius 1 is 1.24 bits per heavy atom. The van der Waals surface area contributed by atoms with Crippen molar-refractivity contribution in [3.63, 3.8) is 0 Å². The van der Waals surface area contributed by atoms with Crippen LogP contribution in [0.15, 0.2) is 42.7 Å². The minimum absolute atomic E-state index is 0.165. The van der Waals surface area contributed by atoms with E-state index < -0.39 is 0 Å². The lowest BCUT2D eigenvalue weighted by atomic mass is 10.1. The highest BCUT2D eigenvalue weighted by atomic mass is 16.1. The first-order valence-electron chi connectivity index (χ1n) is 5.21. The number of nitrogens with zero attached hydrogens (tertiary/aromatic N) is 1. The third-order valence-corrected chi connectivity index (χ3v) is 2.58. The summed E-state index contributed by atoms with van der Waals surface area (Å²) < 4.78 is 0. The Hall–Kier alpha value is -2.56. The van der Waals surface area contributed by atoms with Crippen LogP contribution in [0.2, 0.25) is 0 Å². The Bertz CT molecular complexity index is 654.